The Morgan fingerprint density at radius 1 is 1.13 bits per heavy atom. The average molecular weight is 530 g/mol. The van der Waals surface area contributed by atoms with E-state index >= 15 is 0 Å². The molecule has 0 aliphatic heterocycles. The minimum Gasteiger partial charge on any atom is -0.469 e. The highest BCUT2D eigenvalue weighted by Crippen LogP contribution is 2.51. The first-order chi connectivity index (χ1) is 17.9. The van der Waals surface area contributed by atoms with Crippen molar-refractivity contribution in [2.75, 3.05) is 19.0 Å². The molecule has 2 N–H and O–H groups in total. The van der Waals surface area contributed by atoms with Crippen LogP contribution in [0.5, 0.6) is 0 Å². The number of anilines is 1. The Labute approximate surface area is 218 Å². The van der Waals surface area contributed by atoms with Gasteiger partial charge in [-0.2, -0.15) is 13.2 Å². The summed E-state index contributed by atoms with van der Waals surface area (Å²) in [4.78, 5) is 31.4. The minimum absolute atomic E-state index is 0.0443. The Hall–Kier alpha value is -3.89. The predicted molar refractivity (Wildman–Crippen MR) is 135 cm³/mol. The van der Waals surface area contributed by atoms with Gasteiger partial charge in [-0.15, -0.1) is 0 Å². The zero-order chi connectivity index (χ0) is 27.5. The number of nitrogens with one attached hydrogen (secondary N) is 2. The van der Waals surface area contributed by atoms with E-state index in [1.54, 1.807) is 30.5 Å². The van der Waals surface area contributed by atoms with Crippen LogP contribution in [-0.2, 0) is 15.7 Å². The molecular formula is C27H30F3N5O3. The Balaban J connectivity index is 1.46. The molecule has 2 aromatic heterocycles. The quantitative estimate of drug-likeness (QED) is 0.371. The van der Waals surface area contributed by atoms with Crippen molar-refractivity contribution in [1.29, 1.82) is 0 Å². The number of hydrogen-bond acceptors (Lipinski definition) is 6. The van der Waals surface area contributed by atoms with Gasteiger partial charge in [0.25, 0.3) is 5.91 Å². The molecule has 0 bridgehead atoms. The number of carbonyl (C=O) groups excluding carboxylic acids is 2. The van der Waals surface area contributed by atoms with E-state index < -0.39 is 17.8 Å². The number of methoxy groups -OCH3 is 1. The van der Waals surface area contributed by atoms with E-state index in [0.717, 1.165) is 36.6 Å². The Morgan fingerprint density at radius 2 is 1.84 bits per heavy atom. The smallest absolute Gasteiger partial charge is 0.434 e. The molecule has 0 unspecified atom stereocenters. The van der Waals surface area contributed by atoms with E-state index in [-0.39, 0.29) is 30.3 Å². The summed E-state index contributed by atoms with van der Waals surface area (Å²) in [5.41, 5.74) is 1.48. The number of carbonyl (C=O) groups is 2. The molecule has 0 saturated heterocycles. The molecule has 4 rings (SSSR count). The maximum absolute atomic E-state index is 12.9. The predicted octanol–water partition coefficient (Wildman–Crippen LogP) is 5.17. The number of hydrogen-bond donors (Lipinski definition) is 2. The summed E-state index contributed by atoms with van der Waals surface area (Å²) in [6.07, 6.45) is 1.19. The number of alkyl halides is 3. The van der Waals surface area contributed by atoms with Gasteiger partial charge in [-0.05, 0) is 54.0 Å². The third-order valence-corrected chi connectivity index (χ3v) is 6.68. The molecule has 1 aliphatic carbocycles. The van der Waals surface area contributed by atoms with Gasteiger partial charge in [-0.3, -0.25) is 14.2 Å². The van der Waals surface area contributed by atoms with Gasteiger partial charge in [0.15, 0.2) is 5.69 Å². The maximum Gasteiger partial charge on any atom is 0.434 e. The van der Waals surface area contributed by atoms with E-state index in [1.165, 1.54) is 11.7 Å². The molecule has 1 aliphatic rings. The number of esters is 1. The molecule has 8 nitrogen and oxygen atoms in total. The van der Waals surface area contributed by atoms with Crippen molar-refractivity contribution in [1.82, 2.24) is 19.9 Å². The topological polar surface area (TPSA) is 98.1 Å². The van der Waals surface area contributed by atoms with Crippen LogP contribution < -0.4 is 10.6 Å². The molecule has 11 heteroatoms. The highest BCUT2D eigenvalue weighted by molar-refractivity contribution is 5.94. The van der Waals surface area contributed by atoms with Crippen LogP contribution in [0.3, 0.4) is 0 Å². The highest BCUT2D eigenvalue weighted by Gasteiger charge is 2.41. The molecule has 1 atom stereocenters. The molecule has 1 aromatic carbocycles. The summed E-state index contributed by atoms with van der Waals surface area (Å²) in [6, 6.07) is 10.7. The first-order valence-corrected chi connectivity index (χ1v) is 12.2. The average Bonchev–Trinajstić information content (AvgIpc) is 3.37. The fourth-order valence-electron chi connectivity index (χ4n) is 4.79. The molecule has 0 radical (unpaired) electrons. The van der Waals surface area contributed by atoms with Gasteiger partial charge in [-0.1, -0.05) is 26.0 Å². The van der Waals surface area contributed by atoms with E-state index in [4.69, 9.17) is 0 Å². The molecule has 3 aromatic rings. The van der Waals surface area contributed by atoms with E-state index in [0.29, 0.717) is 17.3 Å². The lowest BCUT2D eigenvalue weighted by molar-refractivity contribution is -0.141. The number of nitrogens with zero attached hydrogens (tertiary/aromatic N) is 3. The van der Waals surface area contributed by atoms with Crippen LogP contribution >= 0.6 is 0 Å². The van der Waals surface area contributed by atoms with Crippen molar-refractivity contribution in [2.45, 2.75) is 45.3 Å². The zero-order valence-corrected chi connectivity index (χ0v) is 21.4. The summed E-state index contributed by atoms with van der Waals surface area (Å²) in [5, 5.41) is 6.23. The van der Waals surface area contributed by atoms with Crippen molar-refractivity contribution < 1.29 is 27.5 Å². The number of aromatic nitrogens is 3. The minimum atomic E-state index is -4.52. The highest BCUT2D eigenvalue weighted by atomic mass is 19.4. The Kier molecular flexibility index (Phi) is 7.75. The van der Waals surface area contributed by atoms with E-state index in [2.05, 4.69) is 39.2 Å². The Morgan fingerprint density at radius 3 is 2.39 bits per heavy atom. The van der Waals surface area contributed by atoms with Crippen LogP contribution in [0.2, 0.25) is 0 Å². The van der Waals surface area contributed by atoms with Gasteiger partial charge in [0, 0.05) is 18.3 Å². The molecule has 0 spiro atoms. The van der Waals surface area contributed by atoms with Crippen LogP contribution in [-0.4, -0.2) is 40.1 Å². The van der Waals surface area contributed by atoms with Crippen LogP contribution in [0, 0.1) is 11.3 Å². The number of benzene rings is 1. The normalized spacial score (nSPS) is 15.8. The third-order valence-electron chi connectivity index (χ3n) is 6.68. The molecule has 1 fully saturated rings. The second kappa shape index (κ2) is 10.8. The lowest BCUT2D eigenvalue weighted by Crippen LogP contribution is -2.38. The van der Waals surface area contributed by atoms with Gasteiger partial charge in [0.2, 0.25) is 0 Å². The van der Waals surface area contributed by atoms with Crippen molar-refractivity contribution in [3.8, 4) is 5.82 Å². The molecule has 1 amide bonds. The van der Waals surface area contributed by atoms with Crippen LogP contribution in [0.1, 0.15) is 60.8 Å². The number of imidazole rings is 1. The number of amides is 1. The van der Waals surface area contributed by atoms with Crippen LogP contribution in [0.15, 0.2) is 55.1 Å². The second-order valence-corrected chi connectivity index (χ2v) is 10.2. The summed E-state index contributed by atoms with van der Waals surface area (Å²) < 4.78 is 44.4. The van der Waals surface area contributed by atoms with Crippen molar-refractivity contribution in [3.63, 3.8) is 0 Å². The molecule has 38 heavy (non-hydrogen) atoms. The first kappa shape index (κ1) is 27.2. The van der Waals surface area contributed by atoms with Gasteiger partial charge >= 0.3 is 12.1 Å². The maximum atomic E-state index is 12.9. The van der Waals surface area contributed by atoms with E-state index in [1.807, 2.05) is 12.1 Å². The van der Waals surface area contributed by atoms with Gasteiger partial charge in [0.1, 0.15) is 12.1 Å². The summed E-state index contributed by atoms with van der Waals surface area (Å²) >= 11 is 0. The molecular weight excluding hydrogens is 499 g/mol. The lowest BCUT2D eigenvalue weighted by Gasteiger charge is -2.47. The largest absolute Gasteiger partial charge is 0.469 e. The molecule has 202 valence electrons. The SMILES string of the molecule is COC(=O)CCNC(=O)c1ccc([C@H](Nc2ccc(-n3cnc(C(F)(F)F)c3)nc2)C2CC(C)(C)C2)cc1. The number of halogens is 3. The Bertz CT molecular complexity index is 1260. The summed E-state index contributed by atoms with van der Waals surface area (Å²) in [6.45, 7) is 4.63. The number of ether oxygens (including phenoxy) is 1. The lowest BCUT2D eigenvalue weighted by atomic mass is 9.61. The van der Waals surface area contributed by atoms with Gasteiger partial charge in [-0.25, -0.2) is 9.97 Å². The fourth-order valence-corrected chi connectivity index (χ4v) is 4.79. The zero-order valence-electron chi connectivity index (χ0n) is 21.4. The molecule has 1 saturated carbocycles. The third kappa shape index (κ3) is 6.51. The van der Waals surface area contributed by atoms with Gasteiger partial charge in [0.05, 0.1) is 31.5 Å². The number of rotatable bonds is 9. The van der Waals surface area contributed by atoms with Crippen molar-refractivity contribution in [3.05, 3.63) is 71.9 Å². The van der Waals surface area contributed by atoms with Crippen LogP contribution in [0.25, 0.3) is 5.82 Å². The van der Waals surface area contributed by atoms with Crippen molar-refractivity contribution in [2.24, 2.45) is 11.3 Å². The summed E-state index contributed by atoms with van der Waals surface area (Å²) in [5.74, 6) is 0.00847. The second-order valence-electron chi connectivity index (χ2n) is 10.2. The number of pyridine rings is 1. The van der Waals surface area contributed by atoms with Gasteiger partial charge < -0.3 is 15.4 Å². The summed E-state index contributed by atoms with van der Waals surface area (Å²) in [7, 11) is 1.30. The molecule has 2 heterocycles. The van der Waals surface area contributed by atoms with Crippen molar-refractivity contribution >= 4 is 17.6 Å². The van der Waals surface area contributed by atoms with Crippen LogP contribution in [0.4, 0.5) is 18.9 Å². The monoisotopic (exact) mass is 529 g/mol. The first-order valence-electron chi connectivity index (χ1n) is 12.2. The van der Waals surface area contributed by atoms with E-state index in [9.17, 15) is 22.8 Å². The standard InChI is InChI=1S/C27H30F3N5O3/c1-26(2)12-19(13-26)24(17-4-6-18(7-5-17)25(37)31-11-10-23(36)38-3)34-20-8-9-22(32-14-20)35-15-21(33-16-35)27(28,29)30/h4-9,14-16,19,24,34H,10-13H2,1-3H3,(H,31,37)/t24-/m0/s1. The fraction of sp³-hybridized carbons (Fsp3) is 0.407.